The van der Waals surface area contributed by atoms with E-state index in [1.807, 2.05) is 30.3 Å². The van der Waals surface area contributed by atoms with Crippen LogP contribution in [0.5, 0.6) is 0 Å². The van der Waals surface area contributed by atoms with E-state index >= 15 is 0 Å². The van der Waals surface area contributed by atoms with Crippen molar-refractivity contribution in [3.05, 3.63) is 42.4 Å². The van der Waals surface area contributed by atoms with Crippen molar-refractivity contribution in [1.29, 1.82) is 0 Å². The van der Waals surface area contributed by atoms with E-state index in [2.05, 4.69) is 25.6 Å². The fourth-order valence-corrected chi connectivity index (χ4v) is 3.12. The number of halogens is 3. The average molecular weight is 380 g/mol. The lowest BCUT2D eigenvalue weighted by molar-refractivity contribution is -0.143. The van der Waals surface area contributed by atoms with Gasteiger partial charge in [0, 0.05) is 26.2 Å². The summed E-state index contributed by atoms with van der Waals surface area (Å²) in [6.07, 6.45) is -1.74. The van der Waals surface area contributed by atoms with Crippen LogP contribution in [0.25, 0.3) is 11.3 Å². The molecule has 0 spiro atoms. The first kappa shape index (κ1) is 19.2. The number of hydrogen-bond donors (Lipinski definition) is 3. The van der Waals surface area contributed by atoms with Gasteiger partial charge in [0.15, 0.2) is 5.96 Å². The van der Waals surface area contributed by atoms with Crippen LogP contribution in [0.15, 0.2) is 41.5 Å². The van der Waals surface area contributed by atoms with E-state index < -0.39 is 12.7 Å². The third kappa shape index (κ3) is 5.72. The molecule has 3 N–H and O–H groups in total. The third-order valence-electron chi connectivity index (χ3n) is 4.38. The number of nitrogens with zero attached hydrogens (tertiary/aromatic N) is 3. The van der Waals surface area contributed by atoms with E-state index in [1.165, 1.54) is 4.90 Å². The molecule has 0 saturated carbocycles. The molecule has 0 aliphatic carbocycles. The number of rotatable bonds is 5. The number of imidazole rings is 1. The Labute approximate surface area is 155 Å². The van der Waals surface area contributed by atoms with Gasteiger partial charge in [-0.2, -0.15) is 13.2 Å². The number of aromatic amines is 1. The van der Waals surface area contributed by atoms with Gasteiger partial charge in [-0.25, -0.2) is 4.98 Å². The molecule has 9 heteroatoms. The molecule has 0 bridgehead atoms. The zero-order valence-electron chi connectivity index (χ0n) is 15.1. The number of hydrogen-bond acceptors (Lipinski definition) is 3. The zero-order valence-corrected chi connectivity index (χ0v) is 15.1. The van der Waals surface area contributed by atoms with Crippen LogP contribution in [0.1, 0.15) is 12.2 Å². The molecule has 3 rings (SSSR count). The normalized spacial score (nSPS) is 18.7. The highest BCUT2D eigenvalue weighted by molar-refractivity contribution is 5.80. The van der Waals surface area contributed by atoms with Gasteiger partial charge in [-0.05, 0) is 12.0 Å². The number of nitrogens with one attached hydrogen (secondary N) is 3. The van der Waals surface area contributed by atoms with Crippen molar-refractivity contribution in [2.75, 3.05) is 26.7 Å². The first-order chi connectivity index (χ1) is 12.9. The van der Waals surface area contributed by atoms with Gasteiger partial charge in [0.05, 0.1) is 25.0 Å². The highest BCUT2D eigenvalue weighted by Crippen LogP contribution is 2.20. The third-order valence-corrected chi connectivity index (χ3v) is 4.38. The quantitative estimate of drug-likeness (QED) is 0.550. The molecular weight excluding hydrogens is 357 g/mol. The molecule has 2 heterocycles. The van der Waals surface area contributed by atoms with Gasteiger partial charge < -0.3 is 15.6 Å². The molecule has 2 aromatic rings. The molecule has 1 aliphatic rings. The monoisotopic (exact) mass is 380 g/mol. The summed E-state index contributed by atoms with van der Waals surface area (Å²) >= 11 is 0. The van der Waals surface area contributed by atoms with Crippen molar-refractivity contribution >= 4 is 5.96 Å². The van der Waals surface area contributed by atoms with Crippen LogP contribution < -0.4 is 10.6 Å². The second-order valence-electron chi connectivity index (χ2n) is 6.52. The Balaban J connectivity index is 1.48. The van der Waals surface area contributed by atoms with Crippen LogP contribution in [0.2, 0.25) is 0 Å². The molecule has 0 radical (unpaired) electrons. The Hall–Kier alpha value is -2.55. The maximum Gasteiger partial charge on any atom is 0.401 e. The SMILES string of the molecule is CN=C(NCc1ncc(-c2ccccc2)[nH]1)NC1CCN(CC(F)(F)F)C1. The van der Waals surface area contributed by atoms with Crippen molar-refractivity contribution in [1.82, 2.24) is 25.5 Å². The van der Waals surface area contributed by atoms with Crippen LogP contribution in [-0.2, 0) is 6.54 Å². The molecule has 1 unspecified atom stereocenters. The smallest absolute Gasteiger partial charge is 0.352 e. The minimum absolute atomic E-state index is 0.0602. The lowest BCUT2D eigenvalue weighted by Gasteiger charge is -2.19. The fraction of sp³-hybridized carbons (Fsp3) is 0.444. The molecule has 0 amide bonds. The summed E-state index contributed by atoms with van der Waals surface area (Å²) in [6.45, 7) is 0.337. The van der Waals surface area contributed by atoms with Gasteiger partial charge >= 0.3 is 6.18 Å². The second kappa shape index (κ2) is 8.43. The van der Waals surface area contributed by atoms with Crippen molar-refractivity contribution < 1.29 is 13.2 Å². The minimum atomic E-state index is -4.16. The van der Waals surface area contributed by atoms with Gasteiger partial charge in [0.2, 0.25) is 0 Å². The van der Waals surface area contributed by atoms with Crippen molar-refractivity contribution in [3.8, 4) is 11.3 Å². The van der Waals surface area contributed by atoms with E-state index in [0.29, 0.717) is 32.0 Å². The predicted molar refractivity (Wildman–Crippen MR) is 98.3 cm³/mol. The minimum Gasteiger partial charge on any atom is -0.352 e. The first-order valence-corrected chi connectivity index (χ1v) is 8.78. The summed E-state index contributed by atoms with van der Waals surface area (Å²) in [4.78, 5) is 13.1. The molecule has 1 aromatic carbocycles. The molecule has 1 fully saturated rings. The topological polar surface area (TPSA) is 68.3 Å². The number of H-pyrrole nitrogens is 1. The van der Waals surface area contributed by atoms with E-state index in [-0.39, 0.29) is 6.04 Å². The summed E-state index contributed by atoms with van der Waals surface area (Å²) in [5, 5.41) is 6.32. The van der Waals surface area contributed by atoms with Gasteiger partial charge in [0.1, 0.15) is 5.82 Å². The van der Waals surface area contributed by atoms with E-state index in [1.54, 1.807) is 13.2 Å². The molecular formula is C18H23F3N6. The Morgan fingerprint density at radius 3 is 2.81 bits per heavy atom. The fourth-order valence-electron chi connectivity index (χ4n) is 3.12. The Bertz CT molecular complexity index is 756. The second-order valence-corrected chi connectivity index (χ2v) is 6.52. The molecule has 1 saturated heterocycles. The number of benzene rings is 1. The van der Waals surface area contributed by atoms with Gasteiger partial charge in [-0.1, -0.05) is 30.3 Å². The number of alkyl halides is 3. The number of aromatic nitrogens is 2. The van der Waals surface area contributed by atoms with E-state index in [9.17, 15) is 13.2 Å². The van der Waals surface area contributed by atoms with Gasteiger partial charge in [-0.3, -0.25) is 9.89 Å². The van der Waals surface area contributed by atoms with Crippen LogP contribution in [0.4, 0.5) is 13.2 Å². The van der Waals surface area contributed by atoms with E-state index in [0.717, 1.165) is 17.1 Å². The molecule has 1 aromatic heterocycles. The first-order valence-electron chi connectivity index (χ1n) is 8.78. The lowest BCUT2D eigenvalue weighted by atomic mass is 10.2. The van der Waals surface area contributed by atoms with Crippen LogP contribution in [0.3, 0.4) is 0 Å². The molecule has 1 aliphatic heterocycles. The average Bonchev–Trinajstić information content (AvgIpc) is 3.27. The molecule has 1 atom stereocenters. The maximum absolute atomic E-state index is 12.5. The van der Waals surface area contributed by atoms with Crippen LogP contribution in [-0.4, -0.2) is 59.7 Å². The number of guanidine groups is 1. The highest BCUT2D eigenvalue weighted by Gasteiger charge is 2.34. The van der Waals surface area contributed by atoms with Crippen molar-refractivity contribution in [2.45, 2.75) is 25.2 Å². The van der Waals surface area contributed by atoms with Gasteiger partial charge in [-0.15, -0.1) is 0 Å². The Kier molecular flexibility index (Phi) is 6.00. The predicted octanol–water partition coefficient (Wildman–Crippen LogP) is 2.38. The molecule has 27 heavy (non-hydrogen) atoms. The van der Waals surface area contributed by atoms with Crippen molar-refractivity contribution in [3.63, 3.8) is 0 Å². The van der Waals surface area contributed by atoms with Gasteiger partial charge in [0.25, 0.3) is 0 Å². The molecule has 146 valence electrons. The standard InChI is InChI=1S/C18H23F3N6/c1-22-17(25-14-7-8-27(11-14)12-18(19,20)21)24-10-16-23-9-15(26-16)13-5-3-2-4-6-13/h2-6,9,14H,7-8,10-12H2,1H3,(H,23,26)(H2,22,24,25). The summed E-state index contributed by atoms with van der Waals surface area (Å²) in [5.74, 6) is 1.30. The Morgan fingerprint density at radius 1 is 1.33 bits per heavy atom. The highest BCUT2D eigenvalue weighted by atomic mass is 19.4. The Morgan fingerprint density at radius 2 is 2.11 bits per heavy atom. The van der Waals surface area contributed by atoms with E-state index in [4.69, 9.17) is 0 Å². The largest absolute Gasteiger partial charge is 0.401 e. The summed E-state index contributed by atoms with van der Waals surface area (Å²) in [7, 11) is 1.63. The lowest BCUT2D eigenvalue weighted by Crippen LogP contribution is -2.45. The summed E-state index contributed by atoms with van der Waals surface area (Å²) in [6, 6.07) is 9.81. The van der Waals surface area contributed by atoms with Crippen LogP contribution >= 0.6 is 0 Å². The summed E-state index contributed by atoms with van der Waals surface area (Å²) < 4.78 is 37.5. The van der Waals surface area contributed by atoms with Crippen LogP contribution in [0, 0.1) is 0 Å². The molecule has 6 nitrogen and oxygen atoms in total. The zero-order chi connectivity index (χ0) is 19.3. The number of likely N-dealkylation sites (tertiary alicyclic amines) is 1. The summed E-state index contributed by atoms with van der Waals surface area (Å²) in [5.41, 5.74) is 1.98. The van der Waals surface area contributed by atoms with Crippen molar-refractivity contribution in [2.24, 2.45) is 4.99 Å². The number of aliphatic imine (C=N–C) groups is 1. The maximum atomic E-state index is 12.5.